The largest absolute Gasteiger partial charge is 0.384 e. The fourth-order valence-corrected chi connectivity index (χ4v) is 2.00. The van der Waals surface area contributed by atoms with Crippen LogP contribution in [0.15, 0.2) is 42.5 Å². The third kappa shape index (κ3) is 1.90. The Hall–Kier alpha value is -1.50. The monoisotopic (exact) mass is 211 g/mol. The molecule has 0 atom stereocenters. The van der Waals surface area contributed by atoms with E-state index in [-0.39, 0.29) is 0 Å². The van der Waals surface area contributed by atoms with E-state index in [1.54, 1.807) is 0 Å². The zero-order valence-corrected chi connectivity index (χ0v) is 9.66. The molecule has 1 N–H and O–H groups in total. The lowest BCUT2D eigenvalue weighted by molar-refractivity contribution is 0.611. The molecule has 1 nitrogen and oxygen atoms in total. The second-order valence-corrected chi connectivity index (χ2v) is 5.23. The summed E-state index contributed by atoms with van der Waals surface area (Å²) in [4.78, 5) is 0. The van der Waals surface area contributed by atoms with Gasteiger partial charge in [0.05, 0.1) is 0 Å². The number of hydrogen-bond donors (Lipinski definition) is 1. The molecule has 0 radical (unpaired) electrons. The van der Waals surface area contributed by atoms with Gasteiger partial charge in [-0.3, -0.25) is 0 Å². The third-order valence-corrected chi connectivity index (χ3v) is 3.57. The second-order valence-electron chi connectivity index (χ2n) is 5.23. The van der Waals surface area contributed by atoms with Gasteiger partial charge in [0.15, 0.2) is 0 Å². The highest BCUT2D eigenvalue weighted by atomic mass is 14.9. The maximum absolute atomic E-state index is 3.54. The molecule has 2 aromatic carbocycles. The number of fused-ring (bicyclic) bond motifs is 1. The van der Waals surface area contributed by atoms with E-state index in [0.717, 1.165) is 6.54 Å². The summed E-state index contributed by atoms with van der Waals surface area (Å²) in [5.74, 6) is 0. The van der Waals surface area contributed by atoms with Crippen LogP contribution in [0.1, 0.15) is 19.8 Å². The number of hydrogen-bond acceptors (Lipinski definition) is 1. The van der Waals surface area contributed by atoms with Gasteiger partial charge in [-0.2, -0.15) is 0 Å². The van der Waals surface area contributed by atoms with E-state index in [4.69, 9.17) is 0 Å². The van der Waals surface area contributed by atoms with Crippen molar-refractivity contribution >= 4 is 16.5 Å². The number of rotatable bonds is 3. The predicted octanol–water partition coefficient (Wildman–Crippen LogP) is 4.05. The lowest BCUT2D eigenvalue weighted by atomic mass is 10.1. The molecule has 0 amide bonds. The zero-order valence-electron chi connectivity index (χ0n) is 9.66. The molecular formula is C15H17N. The molecule has 3 rings (SSSR count). The van der Waals surface area contributed by atoms with Crippen molar-refractivity contribution in [2.45, 2.75) is 19.8 Å². The van der Waals surface area contributed by atoms with Gasteiger partial charge in [-0.05, 0) is 41.2 Å². The van der Waals surface area contributed by atoms with E-state index >= 15 is 0 Å². The molecule has 0 bridgehead atoms. The topological polar surface area (TPSA) is 12.0 Å². The molecule has 2 aromatic rings. The second kappa shape index (κ2) is 3.51. The van der Waals surface area contributed by atoms with Crippen LogP contribution in [0.4, 0.5) is 5.69 Å². The van der Waals surface area contributed by atoms with E-state index in [1.807, 2.05) is 0 Å². The summed E-state index contributed by atoms with van der Waals surface area (Å²) in [5, 5.41) is 6.16. The summed E-state index contributed by atoms with van der Waals surface area (Å²) in [6, 6.07) is 15.1. The maximum atomic E-state index is 3.54. The SMILES string of the molecule is CC1(CNc2ccc3ccccc3c2)CC1. The van der Waals surface area contributed by atoms with Crippen LogP contribution in [0, 0.1) is 5.41 Å². The minimum atomic E-state index is 0.561. The van der Waals surface area contributed by atoms with Gasteiger partial charge in [-0.15, -0.1) is 0 Å². The molecule has 1 fully saturated rings. The molecule has 1 aliphatic carbocycles. The van der Waals surface area contributed by atoms with Crippen LogP contribution >= 0.6 is 0 Å². The minimum Gasteiger partial charge on any atom is -0.384 e. The summed E-state index contributed by atoms with van der Waals surface area (Å²) in [7, 11) is 0. The standard InChI is InChI=1S/C15H17N/c1-15(8-9-15)11-16-14-7-6-12-4-2-3-5-13(12)10-14/h2-7,10,16H,8-9,11H2,1H3. The van der Waals surface area contributed by atoms with Crippen LogP contribution in [-0.2, 0) is 0 Å². The minimum absolute atomic E-state index is 0.561. The van der Waals surface area contributed by atoms with Crippen molar-refractivity contribution in [2.24, 2.45) is 5.41 Å². The van der Waals surface area contributed by atoms with Crippen molar-refractivity contribution < 1.29 is 0 Å². The third-order valence-electron chi connectivity index (χ3n) is 3.57. The molecule has 1 aliphatic rings. The highest BCUT2D eigenvalue weighted by Crippen LogP contribution is 2.44. The van der Waals surface area contributed by atoms with Crippen molar-refractivity contribution in [3.63, 3.8) is 0 Å². The number of nitrogens with one attached hydrogen (secondary N) is 1. The first kappa shape index (κ1) is 9.71. The molecule has 1 saturated carbocycles. The molecular weight excluding hydrogens is 194 g/mol. The highest BCUT2D eigenvalue weighted by Gasteiger charge is 2.36. The lowest BCUT2D eigenvalue weighted by Gasteiger charge is -2.11. The Labute approximate surface area is 96.5 Å². The quantitative estimate of drug-likeness (QED) is 0.807. The highest BCUT2D eigenvalue weighted by molar-refractivity contribution is 5.85. The van der Waals surface area contributed by atoms with Gasteiger partial charge in [-0.1, -0.05) is 37.3 Å². The summed E-state index contributed by atoms with van der Waals surface area (Å²) in [6.45, 7) is 3.45. The molecule has 1 heteroatoms. The van der Waals surface area contributed by atoms with E-state index in [0.29, 0.717) is 5.41 Å². The average Bonchev–Trinajstić information content (AvgIpc) is 3.05. The van der Waals surface area contributed by atoms with Crippen LogP contribution in [0.2, 0.25) is 0 Å². The molecule has 0 aromatic heterocycles. The van der Waals surface area contributed by atoms with Crippen molar-refractivity contribution in [1.29, 1.82) is 0 Å². The Kier molecular flexibility index (Phi) is 2.13. The van der Waals surface area contributed by atoms with Gasteiger partial charge >= 0.3 is 0 Å². The van der Waals surface area contributed by atoms with E-state index in [9.17, 15) is 0 Å². The van der Waals surface area contributed by atoms with Crippen LogP contribution < -0.4 is 5.32 Å². The van der Waals surface area contributed by atoms with Gasteiger partial charge in [0, 0.05) is 12.2 Å². The summed E-state index contributed by atoms with van der Waals surface area (Å²) < 4.78 is 0. The first-order chi connectivity index (χ1) is 7.75. The van der Waals surface area contributed by atoms with E-state index in [1.165, 1.54) is 29.3 Å². The molecule has 0 spiro atoms. The Morgan fingerprint density at radius 2 is 1.81 bits per heavy atom. The molecule has 82 valence electrons. The van der Waals surface area contributed by atoms with Crippen LogP contribution in [0.3, 0.4) is 0 Å². The van der Waals surface area contributed by atoms with Crippen molar-refractivity contribution in [3.05, 3.63) is 42.5 Å². The molecule has 0 heterocycles. The maximum Gasteiger partial charge on any atom is 0.0346 e. The number of anilines is 1. The lowest BCUT2D eigenvalue weighted by Crippen LogP contribution is -2.11. The van der Waals surface area contributed by atoms with Crippen LogP contribution in [-0.4, -0.2) is 6.54 Å². The van der Waals surface area contributed by atoms with Gasteiger partial charge in [0.1, 0.15) is 0 Å². The number of benzene rings is 2. The Morgan fingerprint density at radius 1 is 1.06 bits per heavy atom. The molecule has 0 aliphatic heterocycles. The first-order valence-electron chi connectivity index (χ1n) is 5.98. The van der Waals surface area contributed by atoms with Crippen molar-refractivity contribution in [3.8, 4) is 0 Å². The normalized spacial score (nSPS) is 17.3. The van der Waals surface area contributed by atoms with Gasteiger partial charge in [-0.25, -0.2) is 0 Å². The van der Waals surface area contributed by atoms with Crippen LogP contribution in [0.5, 0.6) is 0 Å². The Bertz CT molecular complexity index is 512. The zero-order chi connectivity index (χ0) is 11.0. The van der Waals surface area contributed by atoms with E-state index < -0.39 is 0 Å². The van der Waals surface area contributed by atoms with Crippen LogP contribution in [0.25, 0.3) is 10.8 Å². The molecule has 0 unspecified atom stereocenters. The van der Waals surface area contributed by atoms with Gasteiger partial charge in [0.25, 0.3) is 0 Å². The van der Waals surface area contributed by atoms with E-state index in [2.05, 4.69) is 54.7 Å². The molecule has 16 heavy (non-hydrogen) atoms. The Balaban J connectivity index is 1.81. The van der Waals surface area contributed by atoms with Gasteiger partial charge < -0.3 is 5.32 Å². The molecule has 0 saturated heterocycles. The summed E-state index contributed by atoms with van der Waals surface area (Å²) in [6.07, 6.45) is 2.74. The first-order valence-corrected chi connectivity index (χ1v) is 5.98. The summed E-state index contributed by atoms with van der Waals surface area (Å²) in [5.41, 5.74) is 1.80. The fourth-order valence-electron chi connectivity index (χ4n) is 2.00. The average molecular weight is 211 g/mol. The van der Waals surface area contributed by atoms with Gasteiger partial charge in [0.2, 0.25) is 0 Å². The smallest absolute Gasteiger partial charge is 0.0346 e. The fraction of sp³-hybridized carbons (Fsp3) is 0.333. The van der Waals surface area contributed by atoms with Crippen molar-refractivity contribution in [1.82, 2.24) is 0 Å². The van der Waals surface area contributed by atoms with Crippen molar-refractivity contribution in [2.75, 3.05) is 11.9 Å². The predicted molar refractivity (Wildman–Crippen MR) is 69.8 cm³/mol. The summed E-state index contributed by atoms with van der Waals surface area (Å²) >= 11 is 0. The Morgan fingerprint density at radius 3 is 2.56 bits per heavy atom.